The minimum Gasteiger partial charge on any atom is -0.396 e. The third-order valence-electron chi connectivity index (χ3n) is 2.24. The van der Waals surface area contributed by atoms with Gasteiger partial charge in [0.15, 0.2) is 4.73 Å². The minimum atomic E-state index is -0.185. The molecule has 7 heteroatoms. The standard InChI is InChI=1S/C7H9Br2N3O2/c8-5-10-6(9)12(11-5)1-7(2-13)3-14-4-7/h13H,1-4H2. The van der Waals surface area contributed by atoms with Gasteiger partial charge in [0.05, 0.1) is 31.8 Å². The van der Waals surface area contributed by atoms with Crippen LogP contribution in [0.3, 0.4) is 0 Å². The van der Waals surface area contributed by atoms with Crippen molar-refractivity contribution in [2.75, 3.05) is 19.8 Å². The second kappa shape index (κ2) is 3.88. The van der Waals surface area contributed by atoms with Gasteiger partial charge in [-0.3, -0.25) is 0 Å². The van der Waals surface area contributed by atoms with E-state index < -0.39 is 0 Å². The average Bonchev–Trinajstić information content (AvgIpc) is 2.38. The first-order valence-electron chi connectivity index (χ1n) is 4.10. The van der Waals surface area contributed by atoms with E-state index in [0.717, 1.165) is 0 Å². The maximum absolute atomic E-state index is 9.23. The van der Waals surface area contributed by atoms with Gasteiger partial charge in [-0.05, 0) is 31.9 Å². The van der Waals surface area contributed by atoms with Gasteiger partial charge in [0.2, 0.25) is 4.73 Å². The first-order chi connectivity index (χ1) is 6.65. The molecule has 0 radical (unpaired) electrons. The van der Waals surface area contributed by atoms with Crippen LogP contribution in [-0.4, -0.2) is 39.7 Å². The normalized spacial score (nSPS) is 19.4. The quantitative estimate of drug-likeness (QED) is 0.893. The van der Waals surface area contributed by atoms with E-state index in [4.69, 9.17) is 4.74 Å². The Labute approximate surface area is 97.7 Å². The summed E-state index contributed by atoms with van der Waals surface area (Å²) >= 11 is 6.47. The minimum absolute atomic E-state index is 0.108. The SMILES string of the molecule is OCC1(Cn2nc(Br)nc2Br)COC1. The summed E-state index contributed by atoms with van der Waals surface area (Å²) in [6, 6.07) is 0. The Morgan fingerprint density at radius 2 is 2.21 bits per heavy atom. The summed E-state index contributed by atoms with van der Waals surface area (Å²) in [6.45, 7) is 1.88. The number of rotatable bonds is 3. The smallest absolute Gasteiger partial charge is 0.218 e. The van der Waals surface area contributed by atoms with E-state index in [9.17, 15) is 5.11 Å². The van der Waals surface area contributed by atoms with Crippen molar-refractivity contribution in [1.82, 2.24) is 14.8 Å². The van der Waals surface area contributed by atoms with Crippen molar-refractivity contribution in [1.29, 1.82) is 0 Å². The number of hydrogen-bond donors (Lipinski definition) is 1. The molecule has 1 aromatic rings. The van der Waals surface area contributed by atoms with E-state index in [2.05, 4.69) is 41.9 Å². The van der Waals surface area contributed by atoms with Gasteiger partial charge < -0.3 is 9.84 Å². The molecule has 1 aromatic heterocycles. The van der Waals surface area contributed by atoms with Gasteiger partial charge in [0.1, 0.15) is 0 Å². The van der Waals surface area contributed by atoms with Crippen LogP contribution in [0.1, 0.15) is 0 Å². The summed E-state index contributed by atoms with van der Waals surface area (Å²) in [5.74, 6) is 0. The molecule has 1 aliphatic rings. The molecular weight excluding hydrogens is 318 g/mol. The summed E-state index contributed by atoms with van der Waals surface area (Å²) < 4.78 is 8.01. The molecule has 14 heavy (non-hydrogen) atoms. The molecule has 0 unspecified atom stereocenters. The van der Waals surface area contributed by atoms with Gasteiger partial charge in [-0.15, -0.1) is 5.10 Å². The first-order valence-corrected chi connectivity index (χ1v) is 5.68. The highest BCUT2D eigenvalue weighted by atomic mass is 79.9. The molecule has 0 atom stereocenters. The topological polar surface area (TPSA) is 60.2 Å². The fourth-order valence-corrected chi connectivity index (χ4v) is 2.31. The Bertz CT molecular complexity index is 332. The Morgan fingerprint density at radius 1 is 1.50 bits per heavy atom. The van der Waals surface area contributed by atoms with E-state index in [1.54, 1.807) is 4.68 Å². The Balaban J connectivity index is 2.13. The van der Waals surface area contributed by atoms with Crippen molar-refractivity contribution in [2.45, 2.75) is 6.54 Å². The largest absolute Gasteiger partial charge is 0.396 e. The number of hydrogen-bond acceptors (Lipinski definition) is 4. The summed E-state index contributed by atoms with van der Waals surface area (Å²) in [5, 5.41) is 13.4. The lowest BCUT2D eigenvalue weighted by molar-refractivity contribution is -0.146. The van der Waals surface area contributed by atoms with Crippen molar-refractivity contribution in [3.63, 3.8) is 0 Å². The van der Waals surface area contributed by atoms with Crippen LogP contribution < -0.4 is 0 Å². The van der Waals surface area contributed by atoms with E-state index in [1.165, 1.54) is 0 Å². The van der Waals surface area contributed by atoms with Gasteiger partial charge in [-0.25, -0.2) is 4.68 Å². The molecule has 1 N–H and O–H groups in total. The van der Waals surface area contributed by atoms with Crippen LogP contribution in [-0.2, 0) is 11.3 Å². The number of halogens is 2. The number of ether oxygens (including phenoxy) is 1. The van der Waals surface area contributed by atoms with Gasteiger partial charge >= 0.3 is 0 Å². The van der Waals surface area contributed by atoms with Crippen molar-refractivity contribution in [2.24, 2.45) is 5.41 Å². The van der Waals surface area contributed by atoms with Crippen LogP contribution in [0.4, 0.5) is 0 Å². The predicted octanol–water partition coefficient (Wildman–Crippen LogP) is 0.812. The molecule has 2 rings (SSSR count). The highest BCUT2D eigenvalue weighted by molar-refractivity contribution is 9.11. The number of nitrogens with zero attached hydrogens (tertiary/aromatic N) is 3. The molecule has 2 heterocycles. The van der Waals surface area contributed by atoms with E-state index >= 15 is 0 Å². The molecule has 5 nitrogen and oxygen atoms in total. The molecule has 0 amide bonds. The first kappa shape index (κ1) is 10.5. The molecular formula is C7H9Br2N3O2. The van der Waals surface area contributed by atoms with E-state index in [1.807, 2.05) is 0 Å². The molecule has 0 saturated carbocycles. The van der Waals surface area contributed by atoms with Crippen molar-refractivity contribution < 1.29 is 9.84 Å². The molecule has 78 valence electrons. The molecule has 0 spiro atoms. The summed E-state index contributed by atoms with van der Waals surface area (Å²) in [4.78, 5) is 4.05. The van der Waals surface area contributed by atoms with Crippen LogP contribution in [0.2, 0.25) is 0 Å². The lowest BCUT2D eigenvalue weighted by Crippen LogP contribution is -2.48. The van der Waals surface area contributed by atoms with E-state index in [0.29, 0.717) is 29.2 Å². The van der Waals surface area contributed by atoms with Crippen LogP contribution >= 0.6 is 31.9 Å². The number of aliphatic hydroxyl groups is 1. The summed E-state index contributed by atoms with van der Waals surface area (Å²) in [6.07, 6.45) is 0. The second-order valence-electron chi connectivity index (χ2n) is 3.46. The van der Waals surface area contributed by atoms with Crippen molar-refractivity contribution in [3.8, 4) is 0 Å². The molecule has 1 aliphatic heterocycles. The van der Waals surface area contributed by atoms with Gasteiger partial charge in [0.25, 0.3) is 0 Å². The summed E-state index contributed by atoms with van der Waals surface area (Å²) in [7, 11) is 0. The monoisotopic (exact) mass is 325 g/mol. The maximum atomic E-state index is 9.23. The molecule has 0 aliphatic carbocycles. The van der Waals surface area contributed by atoms with Gasteiger partial charge in [0, 0.05) is 0 Å². The Kier molecular flexibility index (Phi) is 2.92. The highest BCUT2D eigenvalue weighted by Gasteiger charge is 2.39. The average molecular weight is 327 g/mol. The lowest BCUT2D eigenvalue weighted by Gasteiger charge is -2.39. The third kappa shape index (κ3) is 1.86. The molecule has 1 fully saturated rings. The number of aromatic nitrogens is 3. The second-order valence-corrected chi connectivity index (χ2v) is 4.88. The van der Waals surface area contributed by atoms with Crippen LogP contribution in [0.5, 0.6) is 0 Å². The van der Waals surface area contributed by atoms with Gasteiger partial charge in [-0.1, -0.05) is 0 Å². The zero-order valence-electron chi connectivity index (χ0n) is 7.28. The number of aliphatic hydroxyl groups excluding tert-OH is 1. The summed E-state index contributed by atoms with van der Waals surface area (Å²) in [5.41, 5.74) is -0.185. The highest BCUT2D eigenvalue weighted by Crippen LogP contribution is 2.29. The van der Waals surface area contributed by atoms with Crippen LogP contribution in [0.25, 0.3) is 0 Å². The predicted molar refractivity (Wildman–Crippen MR) is 55.8 cm³/mol. The van der Waals surface area contributed by atoms with E-state index in [-0.39, 0.29) is 12.0 Å². The molecule has 0 aromatic carbocycles. The lowest BCUT2D eigenvalue weighted by atomic mass is 9.87. The van der Waals surface area contributed by atoms with Gasteiger partial charge in [-0.2, -0.15) is 4.98 Å². The third-order valence-corrected chi connectivity index (χ3v) is 3.16. The van der Waals surface area contributed by atoms with Crippen LogP contribution in [0.15, 0.2) is 9.47 Å². The Hall–Kier alpha value is 0.0200. The van der Waals surface area contributed by atoms with Crippen molar-refractivity contribution >= 4 is 31.9 Å². The zero-order valence-corrected chi connectivity index (χ0v) is 10.5. The van der Waals surface area contributed by atoms with Crippen LogP contribution in [0, 0.1) is 5.41 Å². The Morgan fingerprint density at radius 3 is 2.57 bits per heavy atom. The molecule has 0 bridgehead atoms. The maximum Gasteiger partial charge on any atom is 0.218 e. The fourth-order valence-electron chi connectivity index (χ4n) is 1.34. The fraction of sp³-hybridized carbons (Fsp3) is 0.714. The van der Waals surface area contributed by atoms with Crippen molar-refractivity contribution in [3.05, 3.63) is 9.47 Å². The molecule has 1 saturated heterocycles. The zero-order chi connectivity index (χ0) is 10.2.